The van der Waals surface area contributed by atoms with Gasteiger partial charge < -0.3 is 10.6 Å². The molecular formula is C18H14F6N2O2. The normalized spacial score (nSPS) is 11.9. The van der Waals surface area contributed by atoms with E-state index in [1.807, 2.05) is 0 Å². The number of alkyl halides is 6. The number of anilines is 1. The van der Waals surface area contributed by atoms with Gasteiger partial charge in [-0.1, -0.05) is 6.07 Å². The van der Waals surface area contributed by atoms with E-state index in [4.69, 9.17) is 0 Å². The largest absolute Gasteiger partial charge is 0.416 e. The average molecular weight is 404 g/mol. The highest BCUT2D eigenvalue weighted by Crippen LogP contribution is 2.36. The van der Waals surface area contributed by atoms with E-state index >= 15 is 0 Å². The summed E-state index contributed by atoms with van der Waals surface area (Å²) in [7, 11) is 1.38. The van der Waals surface area contributed by atoms with E-state index in [-0.39, 0.29) is 17.3 Å². The highest BCUT2D eigenvalue weighted by molar-refractivity contribution is 6.06. The van der Waals surface area contributed by atoms with Crippen LogP contribution in [0.4, 0.5) is 32.0 Å². The van der Waals surface area contributed by atoms with Crippen molar-refractivity contribution in [3.8, 4) is 0 Å². The van der Waals surface area contributed by atoms with Crippen LogP contribution in [0.15, 0.2) is 36.4 Å². The zero-order valence-electron chi connectivity index (χ0n) is 14.5. The third-order valence-corrected chi connectivity index (χ3v) is 3.90. The number of benzene rings is 2. The Morgan fingerprint density at radius 3 is 1.86 bits per heavy atom. The zero-order chi connectivity index (χ0) is 21.3. The SMILES string of the molecule is CNC(=O)c1cccc(NC(=O)c2cc(C(F)(F)F)cc(C(F)(F)F)c2)c1C. The van der Waals surface area contributed by atoms with Crippen LogP contribution >= 0.6 is 0 Å². The van der Waals surface area contributed by atoms with Gasteiger partial charge in [-0.15, -0.1) is 0 Å². The molecular weight excluding hydrogens is 390 g/mol. The molecule has 0 aliphatic heterocycles. The molecule has 0 aliphatic carbocycles. The summed E-state index contributed by atoms with van der Waals surface area (Å²) in [6.07, 6.45) is -10.1. The summed E-state index contributed by atoms with van der Waals surface area (Å²) in [5, 5.41) is 4.63. The molecule has 28 heavy (non-hydrogen) atoms. The van der Waals surface area contributed by atoms with Crippen molar-refractivity contribution in [1.29, 1.82) is 0 Å². The number of carbonyl (C=O) groups is 2. The summed E-state index contributed by atoms with van der Waals surface area (Å²) in [5.74, 6) is -1.64. The summed E-state index contributed by atoms with van der Waals surface area (Å²) in [5.41, 5.74) is -3.42. The monoisotopic (exact) mass is 404 g/mol. The molecule has 0 saturated carbocycles. The number of carbonyl (C=O) groups excluding carboxylic acids is 2. The lowest BCUT2D eigenvalue weighted by molar-refractivity contribution is -0.143. The van der Waals surface area contributed by atoms with E-state index in [1.54, 1.807) is 0 Å². The molecule has 0 bridgehead atoms. The number of nitrogens with one attached hydrogen (secondary N) is 2. The fourth-order valence-electron chi connectivity index (χ4n) is 2.43. The molecule has 0 aromatic heterocycles. The fourth-order valence-corrected chi connectivity index (χ4v) is 2.43. The van der Waals surface area contributed by atoms with Crippen molar-refractivity contribution in [1.82, 2.24) is 5.32 Å². The van der Waals surface area contributed by atoms with Crippen LogP contribution in [0.5, 0.6) is 0 Å². The first-order valence-electron chi connectivity index (χ1n) is 7.77. The minimum atomic E-state index is -5.06. The van der Waals surface area contributed by atoms with Crippen LogP contribution in [-0.2, 0) is 12.4 Å². The lowest BCUT2D eigenvalue weighted by Crippen LogP contribution is -2.21. The lowest BCUT2D eigenvalue weighted by Gasteiger charge is -2.15. The van der Waals surface area contributed by atoms with Gasteiger partial charge in [-0.05, 0) is 42.8 Å². The molecule has 0 radical (unpaired) electrons. The fraction of sp³-hybridized carbons (Fsp3) is 0.222. The van der Waals surface area contributed by atoms with E-state index in [0.29, 0.717) is 17.7 Å². The highest BCUT2D eigenvalue weighted by Gasteiger charge is 2.37. The number of hydrogen-bond acceptors (Lipinski definition) is 2. The van der Waals surface area contributed by atoms with Crippen LogP contribution in [0.25, 0.3) is 0 Å². The molecule has 0 spiro atoms. The maximum Gasteiger partial charge on any atom is 0.416 e. The number of amides is 2. The van der Waals surface area contributed by atoms with Gasteiger partial charge in [0, 0.05) is 23.9 Å². The Morgan fingerprint density at radius 1 is 0.857 bits per heavy atom. The Hall–Kier alpha value is -3.04. The predicted octanol–water partition coefficient (Wildman–Crippen LogP) is 4.64. The van der Waals surface area contributed by atoms with Crippen LogP contribution < -0.4 is 10.6 Å². The van der Waals surface area contributed by atoms with Gasteiger partial charge in [0.2, 0.25) is 0 Å². The van der Waals surface area contributed by atoms with Crippen molar-refractivity contribution in [3.63, 3.8) is 0 Å². The minimum absolute atomic E-state index is 0.0613. The Kier molecular flexibility index (Phi) is 5.72. The van der Waals surface area contributed by atoms with E-state index in [1.165, 1.54) is 32.2 Å². The van der Waals surface area contributed by atoms with Gasteiger partial charge in [-0.2, -0.15) is 26.3 Å². The topological polar surface area (TPSA) is 58.2 Å². The van der Waals surface area contributed by atoms with Crippen molar-refractivity contribution < 1.29 is 35.9 Å². The second-order valence-corrected chi connectivity index (χ2v) is 5.81. The summed E-state index contributed by atoms with van der Waals surface area (Å²) < 4.78 is 77.6. The van der Waals surface area contributed by atoms with Crippen molar-refractivity contribution >= 4 is 17.5 Å². The highest BCUT2D eigenvalue weighted by atomic mass is 19.4. The van der Waals surface area contributed by atoms with Crippen LogP contribution in [-0.4, -0.2) is 18.9 Å². The Morgan fingerprint density at radius 2 is 1.39 bits per heavy atom. The predicted molar refractivity (Wildman–Crippen MR) is 89.0 cm³/mol. The van der Waals surface area contributed by atoms with E-state index in [2.05, 4.69) is 10.6 Å². The first kappa shape index (κ1) is 21.3. The Balaban J connectivity index is 2.46. The smallest absolute Gasteiger partial charge is 0.355 e. The van der Waals surface area contributed by atoms with Gasteiger partial charge in [0.05, 0.1) is 11.1 Å². The summed E-state index contributed by atoms with van der Waals surface area (Å²) >= 11 is 0. The molecule has 2 N–H and O–H groups in total. The zero-order valence-corrected chi connectivity index (χ0v) is 14.5. The maximum absolute atomic E-state index is 12.9. The lowest BCUT2D eigenvalue weighted by atomic mass is 10.0. The first-order valence-corrected chi connectivity index (χ1v) is 7.77. The summed E-state index contributed by atoms with van der Waals surface area (Å²) in [6.45, 7) is 1.48. The minimum Gasteiger partial charge on any atom is -0.355 e. The van der Waals surface area contributed by atoms with Crippen LogP contribution in [0.2, 0.25) is 0 Å². The van der Waals surface area contributed by atoms with E-state index < -0.39 is 40.9 Å². The molecule has 0 atom stereocenters. The third-order valence-electron chi connectivity index (χ3n) is 3.90. The molecule has 2 amide bonds. The molecule has 0 heterocycles. The van der Waals surface area contributed by atoms with Crippen LogP contribution in [0, 0.1) is 6.92 Å². The summed E-state index contributed by atoms with van der Waals surface area (Å²) in [6, 6.07) is 4.85. The second kappa shape index (κ2) is 7.53. The van der Waals surface area contributed by atoms with Crippen molar-refractivity contribution in [3.05, 3.63) is 64.2 Å². The van der Waals surface area contributed by atoms with Crippen LogP contribution in [0.3, 0.4) is 0 Å². The quantitative estimate of drug-likeness (QED) is 0.732. The molecule has 2 rings (SSSR count). The third kappa shape index (κ3) is 4.62. The van der Waals surface area contributed by atoms with Crippen molar-refractivity contribution in [2.24, 2.45) is 0 Å². The molecule has 0 saturated heterocycles. The van der Waals surface area contributed by atoms with Gasteiger partial charge in [0.1, 0.15) is 0 Å². The molecule has 0 unspecified atom stereocenters. The standard InChI is InChI=1S/C18H14F6N2O2/c1-9-13(16(28)25-2)4-3-5-14(9)26-15(27)10-6-11(17(19,20)21)8-12(7-10)18(22,23)24/h3-8H,1-2H3,(H,25,28)(H,26,27). The Labute approximate surface area is 155 Å². The van der Waals surface area contributed by atoms with Gasteiger partial charge in [-0.3, -0.25) is 9.59 Å². The van der Waals surface area contributed by atoms with Gasteiger partial charge in [0.25, 0.3) is 11.8 Å². The van der Waals surface area contributed by atoms with Crippen LogP contribution in [0.1, 0.15) is 37.4 Å². The van der Waals surface area contributed by atoms with Gasteiger partial charge >= 0.3 is 12.4 Å². The maximum atomic E-state index is 12.9. The second-order valence-electron chi connectivity index (χ2n) is 5.81. The molecule has 4 nitrogen and oxygen atoms in total. The van der Waals surface area contributed by atoms with Gasteiger partial charge in [-0.25, -0.2) is 0 Å². The first-order chi connectivity index (χ1) is 12.8. The van der Waals surface area contributed by atoms with Crippen molar-refractivity contribution in [2.45, 2.75) is 19.3 Å². The summed E-state index contributed by atoms with van der Waals surface area (Å²) in [4.78, 5) is 24.1. The molecule has 2 aromatic carbocycles. The number of halogens is 6. The Bertz CT molecular complexity index is 887. The van der Waals surface area contributed by atoms with Gasteiger partial charge in [0.15, 0.2) is 0 Å². The molecule has 10 heteroatoms. The van der Waals surface area contributed by atoms with Crippen molar-refractivity contribution in [2.75, 3.05) is 12.4 Å². The van der Waals surface area contributed by atoms with E-state index in [9.17, 15) is 35.9 Å². The molecule has 150 valence electrons. The number of rotatable bonds is 3. The molecule has 0 aliphatic rings. The average Bonchev–Trinajstić information content (AvgIpc) is 2.61. The number of hydrogen-bond donors (Lipinski definition) is 2. The molecule has 2 aromatic rings. The molecule has 0 fully saturated rings. The van der Waals surface area contributed by atoms with E-state index in [0.717, 1.165) is 0 Å².